The van der Waals surface area contributed by atoms with Crippen molar-refractivity contribution in [2.45, 2.75) is 6.42 Å². The van der Waals surface area contributed by atoms with E-state index < -0.39 is 11.2 Å². The molecule has 0 spiro atoms. The fourth-order valence-corrected chi connectivity index (χ4v) is 3.92. The summed E-state index contributed by atoms with van der Waals surface area (Å²) >= 11 is 0. The minimum Gasteiger partial charge on any atom is -0.361 e. The first-order valence-electron chi connectivity index (χ1n) is 10.3. The number of nitrogens with one attached hydrogen (secondary N) is 3. The summed E-state index contributed by atoms with van der Waals surface area (Å²) in [7, 11) is 0. The first kappa shape index (κ1) is 19.6. The zero-order valence-corrected chi connectivity index (χ0v) is 17.1. The maximum Gasteiger partial charge on any atom is 0.333 e. The lowest BCUT2D eigenvalue weighted by Crippen LogP contribution is -2.33. The van der Waals surface area contributed by atoms with Gasteiger partial charge in [-0.3, -0.25) is 9.59 Å². The molecule has 0 aliphatic carbocycles. The van der Waals surface area contributed by atoms with Crippen molar-refractivity contribution in [1.29, 1.82) is 0 Å². The summed E-state index contributed by atoms with van der Waals surface area (Å²) in [5.41, 5.74) is 2.41. The molecule has 3 aromatic carbocycles. The van der Waals surface area contributed by atoms with Crippen molar-refractivity contribution in [2.24, 2.45) is 0 Å². The molecule has 0 aliphatic rings. The molecule has 0 unspecified atom stereocenters. The fourth-order valence-electron chi connectivity index (χ4n) is 3.92. The van der Waals surface area contributed by atoms with Crippen molar-refractivity contribution in [2.75, 3.05) is 6.54 Å². The number of hydrogen-bond donors (Lipinski definition) is 3. The van der Waals surface area contributed by atoms with Crippen molar-refractivity contribution < 1.29 is 4.79 Å². The molecule has 3 N–H and O–H groups in total. The Labute approximate surface area is 182 Å². The number of aromatic amines is 2. The second-order valence-corrected chi connectivity index (χ2v) is 7.53. The van der Waals surface area contributed by atoms with Crippen molar-refractivity contribution in [3.63, 3.8) is 0 Å². The maximum absolute atomic E-state index is 12.9. The van der Waals surface area contributed by atoms with Gasteiger partial charge in [0.05, 0.1) is 16.6 Å². The molecule has 0 bridgehead atoms. The van der Waals surface area contributed by atoms with Gasteiger partial charge in [-0.25, -0.2) is 9.36 Å². The summed E-state index contributed by atoms with van der Waals surface area (Å²) in [5, 5.41) is 4.38. The Morgan fingerprint density at radius 2 is 1.66 bits per heavy atom. The molecule has 32 heavy (non-hydrogen) atoms. The maximum atomic E-state index is 12.9. The lowest BCUT2D eigenvalue weighted by Gasteiger charge is -2.08. The number of para-hydroxylation sites is 2. The molecule has 7 nitrogen and oxygen atoms in total. The van der Waals surface area contributed by atoms with Gasteiger partial charge in [0, 0.05) is 29.2 Å². The second kappa shape index (κ2) is 8.03. The second-order valence-electron chi connectivity index (χ2n) is 7.53. The van der Waals surface area contributed by atoms with Gasteiger partial charge in [0.2, 0.25) is 0 Å². The third kappa shape index (κ3) is 3.50. The fraction of sp³-hybridized carbons (Fsp3) is 0.0800. The van der Waals surface area contributed by atoms with Crippen LogP contribution in [0.5, 0.6) is 0 Å². The average molecular weight is 424 g/mol. The first-order chi connectivity index (χ1) is 15.6. The van der Waals surface area contributed by atoms with Crippen LogP contribution in [0.3, 0.4) is 0 Å². The van der Waals surface area contributed by atoms with E-state index in [0.717, 1.165) is 21.0 Å². The molecule has 2 heterocycles. The van der Waals surface area contributed by atoms with Crippen LogP contribution in [0.4, 0.5) is 0 Å². The van der Waals surface area contributed by atoms with Gasteiger partial charge in [0.1, 0.15) is 0 Å². The lowest BCUT2D eigenvalue weighted by molar-refractivity contribution is 0.0954. The normalized spacial score (nSPS) is 11.1. The Morgan fingerprint density at radius 3 is 2.50 bits per heavy atom. The van der Waals surface area contributed by atoms with Gasteiger partial charge in [-0.2, -0.15) is 0 Å². The quantitative estimate of drug-likeness (QED) is 0.404. The van der Waals surface area contributed by atoms with Crippen LogP contribution in [0.1, 0.15) is 15.9 Å². The summed E-state index contributed by atoms with van der Waals surface area (Å²) in [6, 6.07) is 21.4. The van der Waals surface area contributed by atoms with Gasteiger partial charge >= 0.3 is 5.69 Å². The molecule has 0 atom stereocenters. The monoisotopic (exact) mass is 424 g/mol. The highest BCUT2D eigenvalue weighted by Crippen LogP contribution is 2.18. The van der Waals surface area contributed by atoms with Crippen LogP contribution in [0, 0.1) is 0 Å². The number of rotatable bonds is 5. The van der Waals surface area contributed by atoms with Crippen LogP contribution >= 0.6 is 0 Å². The summed E-state index contributed by atoms with van der Waals surface area (Å²) in [5.74, 6) is -0.264. The molecule has 0 saturated heterocycles. The van der Waals surface area contributed by atoms with E-state index in [9.17, 15) is 14.4 Å². The first-order valence-corrected chi connectivity index (χ1v) is 10.3. The zero-order chi connectivity index (χ0) is 22.1. The molecule has 158 valence electrons. The molecule has 2 aromatic heterocycles. The Morgan fingerprint density at radius 1 is 0.875 bits per heavy atom. The highest BCUT2D eigenvalue weighted by molar-refractivity contribution is 5.97. The third-order valence-corrected chi connectivity index (χ3v) is 5.53. The number of carbonyl (C=O) groups is 1. The lowest BCUT2D eigenvalue weighted by atomic mass is 10.1. The Kier molecular flexibility index (Phi) is 4.91. The standard InChI is InChI=1S/C25H20N4O3/c30-23(26-13-12-17-15-27-21-9-5-4-8-19(17)21)16-10-11-20-22(14-16)28-25(32)29(24(20)31)18-6-2-1-3-7-18/h1-11,14-15,27H,12-13H2,(H,26,30)(H,28,32). The van der Waals surface area contributed by atoms with Crippen LogP contribution in [-0.4, -0.2) is 27.0 Å². The number of carbonyl (C=O) groups excluding carboxylic acids is 1. The molecule has 5 aromatic rings. The summed E-state index contributed by atoms with van der Waals surface area (Å²) in [4.78, 5) is 44.0. The van der Waals surface area contributed by atoms with Crippen LogP contribution < -0.4 is 16.6 Å². The van der Waals surface area contributed by atoms with Gasteiger partial charge in [-0.15, -0.1) is 0 Å². The molecule has 1 amide bonds. The van der Waals surface area contributed by atoms with Crippen LogP contribution in [0.25, 0.3) is 27.5 Å². The molecule has 0 aliphatic heterocycles. The molecular weight excluding hydrogens is 404 g/mol. The number of nitrogens with zero attached hydrogens (tertiary/aromatic N) is 1. The van der Waals surface area contributed by atoms with Crippen molar-refractivity contribution >= 4 is 27.7 Å². The molecule has 7 heteroatoms. The molecule has 0 saturated carbocycles. The summed E-state index contributed by atoms with van der Waals surface area (Å²) < 4.78 is 1.09. The number of fused-ring (bicyclic) bond motifs is 2. The van der Waals surface area contributed by atoms with Crippen LogP contribution in [0.2, 0.25) is 0 Å². The van der Waals surface area contributed by atoms with E-state index in [4.69, 9.17) is 0 Å². The number of benzene rings is 3. The average Bonchev–Trinajstić information content (AvgIpc) is 3.22. The van der Waals surface area contributed by atoms with E-state index in [1.165, 1.54) is 6.07 Å². The third-order valence-electron chi connectivity index (χ3n) is 5.53. The van der Waals surface area contributed by atoms with E-state index in [-0.39, 0.29) is 5.91 Å². The number of hydrogen-bond acceptors (Lipinski definition) is 3. The molecule has 0 fully saturated rings. The van der Waals surface area contributed by atoms with Gasteiger partial charge < -0.3 is 15.3 Å². The van der Waals surface area contributed by atoms with Gasteiger partial charge in [-0.1, -0.05) is 36.4 Å². The topological polar surface area (TPSA) is 99.8 Å². The zero-order valence-electron chi connectivity index (χ0n) is 17.1. The Balaban J connectivity index is 1.37. The van der Waals surface area contributed by atoms with E-state index in [0.29, 0.717) is 35.1 Å². The number of amides is 1. The predicted octanol–water partition coefficient (Wildman–Crippen LogP) is 3.13. The largest absolute Gasteiger partial charge is 0.361 e. The Hall–Kier alpha value is -4.39. The van der Waals surface area contributed by atoms with Crippen molar-refractivity contribution in [3.8, 4) is 5.69 Å². The van der Waals surface area contributed by atoms with Crippen LogP contribution in [-0.2, 0) is 6.42 Å². The SMILES string of the molecule is O=C(NCCc1c[nH]c2ccccc12)c1ccc2c(=O)n(-c3ccccc3)c(=O)[nH]c2c1. The minimum atomic E-state index is -0.550. The van der Waals surface area contributed by atoms with E-state index in [1.54, 1.807) is 36.4 Å². The summed E-state index contributed by atoms with van der Waals surface area (Å²) in [6.45, 7) is 0.463. The predicted molar refractivity (Wildman–Crippen MR) is 125 cm³/mol. The van der Waals surface area contributed by atoms with Crippen molar-refractivity contribution in [1.82, 2.24) is 19.9 Å². The van der Waals surface area contributed by atoms with Crippen molar-refractivity contribution in [3.05, 3.63) is 111 Å². The molecule has 0 radical (unpaired) electrons. The van der Waals surface area contributed by atoms with Gasteiger partial charge in [0.25, 0.3) is 11.5 Å². The molecule has 5 rings (SSSR count). The Bertz CT molecular complexity index is 1560. The van der Waals surface area contributed by atoms with E-state index >= 15 is 0 Å². The number of H-pyrrole nitrogens is 2. The highest BCUT2D eigenvalue weighted by atomic mass is 16.2. The highest BCUT2D eigenvalue weighted by Gasteiger charge is 2.12. The van der Waals surface area contributed by atoms with E-state index in [1.807, 2.05) is 36.5 Å². The minimum absolute atomic E-state index is 0.264. The summed E-state index contributed by atoms with van der Waals surface area (Å²) in [6.07, 6.45) is 2.64. The van der Waals surface area contributed by atoms with Gasteiger partial charge in [0.15, 0.2) is 0 Å². The smallest absolute Gasteiger partial charge is 0.333 e. The van der Waals surface area contributed by atoms with E-state index in [2.05, 4.69) is 15.3 Å². The van der Waals surface area contributed by atoms with Crippen LogP contribution in [0.15, 0.2) is 88.6 Å². The van der Waals surface area contributed by atoms with Gasteiger partial charge in [-0.05, 0) is 48.4 Å². The molecular formula is C25H20N4O3. The number of aromatic nitrogens is 3.